The summed E-state index contributed by atoms with van der Waals surface area (Å²) >= 11 is 1.45. The van der Waals surface area contributed by atoms with Gasteiger partial charge in [0.15, 0.2) is 0 Å². The first-order valence-electron chi connectivity index (χ1n) is 10.1. The van der Waals surface area contributed by atoms with Crippen LogP contribution in [0, 0.1) is 6.92 Å². The van der Waals surface area contributed by atoms with Crippen molar-refractivity contribution in [2.24, 2.45) is 0 Å². The van der Waals surface area contributed by atoms with Gasteiger partial charge in [-0.1, -0.05) is 29.8 Å². The summed E-state index contributed by atoms with van der Waals surface area (Å²) in [6, 6.07) is 8.04. The highest BCUT2D eigenvalue weighted by atomic mass is 32.1. The highest BCUT2D eigenvalue weighted by molar-refractivity contribution is 7.17. The molecule has 0 unspecified atom stereocenters. The van der Waals surface area contributed by atoms with E-state index in [1.54, 1.807) is 24.3 Å². The van der Waals surface area contributed by atoms with Crippen LogP contribution in [-0.4, -0.2) is 24.3 Å². The average molecular weight is 428 g/mol. The number of esters is 1. The lowest BCUT2D eigenvalue weighted by Crippen LogP contribution is -2.36. The summed E-state index contributed by atoms with van der Waals surface area (Å²) in [7, 11) is 0. The lowest BCUT2D eigenvalue weighted by atomic mass is 9.90. The second-order valence-electron chi connectivity index (χ2n) is 7.59. The lowest BCUT2D eigenvalue weighted by molar-refractivity contribution is -0.147. The van der Waals surface area contributed by atoms with Crippen LogP contribution in [0.4, 0.5) is 5.00 Å². The van der Waals surface area contributed by atoms with E-state index in [0.29, 0.717) is 36.4 Å². The molecule has 158 valence electrons. The van der Waals surface area contributed by atoms with Gasteiger partial charge < -0.3 is 14.2 Å². The van der Waals surface area contributed by atoms with E-state index in [0.717, 1.165) is 21.6 Å². The van der Waals surface area contributed by atoms with E-state index in [1.807, 2.05) is 31.2 Å². The average Bonchev–Trinajstić information content (AvgIpc) is 3.31. The molecule has 1 aliphatic heterocycles. The number of rotatable bonds is 5. The zero-order chi connectivity index (χ0) is 21.3. The van der Waals surface area contributed by atoms with Crippen molar-refractivity contribution in [1.29, 1.82) is 0 Å². The van der Waals surface area contributed by atoms with E-state index in [4.69, 9.17) is 14.2 Å². The monoisotopic (exact) mass is 427 g/mol. The maximum absolute atomic E-state index is 12.9. The summed E-state index contributed by atoms with van der Waals surface area (Å²) in [5.41, 5.74) is 3.59. The van der Waals surface area contributed by atoms with Crippen molar-refractivity contribution in [2.75, 3.05) is 11.5 Å². The Kier molecular flexibility index (Phi) is 5.56. The number of nitrogens with zero attached hydrogens (tertiary/aromatic N) is 1. The van der Waals surface area contributed by atoms with Gasteiger partial charge in [0.1, 0.15) is 17.5 Å². The topological polar surface area (TPSA) is 65.1 Å². The number of hydrogen-bond donors (Lipinski definition) is 0. The van der Waals surface area contributed by atoms with Gasteiger partial charge in [-0.15, -0.1) is 11.3 Å². The number of benzene rings is 1. The molecule has 0 saturated carbocycles. The second kappa shape index (κ2) is 8.14. The molecule has 7 heteroatoms. The van der Waals surface area contributed by atoms with Gasteiger partial charge in [-0.3, -0.25) is 9.69 Å². The first-order chi connectivity index (χ1) is 14.4. The number of ether oxygens (including phenoxy) is 3. The summed E-state index contributed by atoms with van der Waals surface area (Å²) in [4.78, 5) is 28.2. The third-order valence-electron chi connectivity index (χ3n) is 5.45. The molecule has 0 atom stereocenters. The van der Waals surface area contributed by atoms with E-state index in [-0.39, 0.29) is 18.5 Å². The van der Waals surface area contributed by atoms with Crippen molar-refractivity contribution in [3.63, 3.8) is 0 Å². The number of anilines is 1. The summed E-state index contributed by atoms with van der Waals surface area (Å²) in [6.07, 6.45) is 4.91. The van der Waals surface area contributed by atoms with Crippen molar-refractivity contribution in [2.45, 2.75) is 52.4 Å². The molecule has 2 aliphatic rings. The normalized spacial score (nSPS) is 16.0. The van der Waals surface area contributed by atoms with Gasteiger partial charge in [0.25, 0.3) is 5.79 Å². The first-order valence-corrected chi connectivity index (χ1v) is 10.9. The molecular weight excluding hydrogens is 402 g/mol. The summed E-state index contributed by atoms with van der Waals surface area (Å²) in [6.45, 7) is 6.00. The van der Waals surface area contributed by atoms with Gasteiger partial charge in [-0.05, 0) is 31.4 Å². The number of amides is 1. The Balaban J connectivity index is 1.74. The van der Waals surface area contributed by atoms with Crippen LogP contribution in [0.25, 0.3) is 0 Å². The van der Waals surface area contributed by atoms with E-state index >= 15 is 0 Å². The quantitative estimate of drug-likeness (QED) is 0.658. The summed E-state index contributed by atoms with van der Waals surface area (Å²) < 4.78 is 16.8. The van der Waals surface area contributed by atoms with Gasteiger partial charge in [0.05, 0.1) is 25.1 Å². The number of carbonyl (C=O) groups excluding carboxylic acids is 2. The third kappa shape index (κ3) is 3.81. The number of fused-ring (bicyclic) bond motifs is 1. The Bertz CT molecular complexity index is 984. The fraction of sp³-hybridized carbons (Fsp3) is 0.391. The predicted octanol–water partition coefficient (Wildman–Crippen LogP) is 4.49. The molecular formula is C23H25NO5S. The molecule has 6 nitrogen and oxygen atoms in total. The van der Waals surface area contributed by atoms with Crippen molar-refractivity contribution in [1.82, 2.24) is 0 Å². The van der Waals surface area contributed by atoms with Gasteiger partial charge in [0.2, 0.25) is 5.91 Å². The fourth-order valence-electron chi connectivity index (χ4n) is 3.89. The third-order valence-corrected chi connectivity index (χ3v) is 6.70. The molecule has 1 aromatic carbocycles. The number of hydrogen-bond acceptors (Lipinski definition) is 6. The van der Waals surface area contributed by atoms with E-state index < -0.39 is 5.79 Å². The SMILES string of the molecule is CCOC(=O)c1c(N(Cc2ccc(C)cc2)C(C)=O)sc2c1CCC1(C2)OC=CO1. The Labute approximate surface area is 180 Å². The zero-order valence-corrected chi connectivity index (χ0v) is 18.2. The van der Waals surface area contributed by atoms with Crippen LogP contribution < -0.4 is 4.90 Å². The molecule has 0 saturated heterocycles. The van der Waals surface area contributed by atoms with Crippen LogP contribution >= 0.6 is 11.3 Å². The highest BCUT2D eigenvalue weighted by Crippen LogP contribution is 2.45. The van der Waals surface area contributed by atoms with Crippen LogP contribution in [0.15, 0.2) is 36.8 Å². The van der Waals surface area contributed by atoms with Crippen molar-refractivity contribution in [3.8, 4) is 0 Å². The maximum atomic E-state index is 12.9. The molecule has 1 spiro atoms. The first kappa shape index (κ1) is 20.5. The summed E-state index contributed by atoms with van der Waals surface area (Å²) in [5, 5.41) is 0.634. The molecule has 2 heterocycles. The Morgan fingerprint density at radius 3 is 2.53 bits per heavy atom. The minimum absolute atomic E-state index is 0.121. The molecule has 1 amide bonds. The highest BCUT2D eigenvalue weighted by Gasteiger charge is 2.43. The minimum atomic E-state index is -0.709. The van der Waals surface area contributed by atoms with Crippen molar-refractivity contribution >= 4 is 28.2 Å². The Morgan fingerprint density at radius 2 is 1.90 bits per heavy atom. The van der Waals surface area contributed by atoms with Crippen LogP contribution in [0.2, 0.25) is 0 Å². The van der Waals surface area contributed by atoms with Gasteiger partial charge in [-0.2, -0.15) is 0 Å². The standard InChI is InChI=1S/C23H25NO5S/c1-4-27-22(26)20-18-9-10-23(28-11-12-29-23)13-19(18)30-21(20)24(16(3)25)14-17-7-5-15(2)6-8-17/h5-8,11-12H,4,9-10,13-14H2,1-3H3. The van der Waals surface area contributed by atoms with Crippen LogP contribution in [0.1, 0.15) is 52.2 Å². The van der Waals surface area contributed by atoms with Crippen molar-refractivity contribution < 1.29 is 23.8 Å². The molecule has 30 heavy (non-hydrogen) atoms. The molecule has 4 rings (SSSR count). The molecule has 0 bridgehead atoms. The Morgan fingerprint density at radius 1 is 1.20 bits per heavy atom. The maximum Gasteiger partial charge on any atom is 0.341 e. The molecule has 0 radical (unpaired) electrons. The second-order valence-corrected chi connectivity index (χ2v) is 8.67. The van der Waals surface area contributed by atoms with E-state index in [9.17, 15) is 9.59 Å². The fourth-order valence-corrected chi connectivity index (χ4v) is 5.36. The van der Waals surface area contributed by atoms with Crippen LogP contribution in [0.5, 0.6) is 0 Å². The number of aryl methyl sites for hydroxylation is 1. The number of thiophene rings is 1. The molecule has 0 fully saturated rings. The van der Waals surface area contributed by atoms with Crippen LogP contribution in [0.3, 0.4) is 0 Å². The van der Waals surface area contributed by atoms with Crippen LogP contribution in [-0.2, 0) is 38.4 Å². The zero-order valence-electron chi connectivity index (χ0n) is 17.4. The van der Waals surface area contributed by atoms with Crippen molar-refractivity contribution in [3.05, 3.63) is 63.9 Å². The van der Waals surface area contributed by atoms with E-state index in [1.165, 1.54) is 18.3 Å². The largest absolute Gasteiger partial charge is 0.462 e. The summed E-state index contributed by atoms with van der Waals surface area (Å²) in [5.74, 6) is -1.22. The predicted molar refractivity (Wildman–Crippen MR) is 114 cm³/mol. The van der Waals surface area contributed by atoms with E-state index in [2.05, 4.69) is 0 Å². The molecule has 2 aromatic rings. The van der Waals surface area contributed by atoms with Gasteiger partial charge in [-0.25, -0.2) is 4.79 Å². The lowest BCUT2D eigenvalue weighted by Gasteiger charge is -2.31. The molecule has 0 N–H and O–H groups in total. The minimum Gasteiger partial charge on any atom is -0.462 e. The molecule has 1 aromatic heterocycles. The smallest absolute Gasteiger partial charge is 0.341 e. The van der Waals surface area contributed by atoms with Gasteiger partial charge in [0, 0.05) is 18.2 Å². The molecule has 1 aliphatic carbocycles. The number of carbonyl (C=O) groups is 2. The van der Waals surface area contributed by atoms with Gasteiger partial charge >= 0.3 is 5.97 Å². The Hall–Kier alpha value is -2.80.